The van der Waals surface area contributed by atoms with Crippen molar-refractivity contribution in [3.05, 3.63) is 88.6 Å². The smallest absolute Gasteiger partial charge is 0.655 e. The van der Waals surface area contributed by atoms with Gasteiger partial charge in [-0.1, -0.05) is 47.5 Å². The summed E-state index contributed by atoms with van der Waals surface area (Å²) in [5.41, 5.74) is 13.0. The second-order valence-corrected chi connectivity index (χ2v) is 8.10. The Morgan fingerprint density at radius 2 is 0.903 bits per heavy atom. The Balaban J connectivity index is 0.00000240. The molecule has 31 heavy (non-hydrogen) atoms. The van der Waals surface area contributed by atoms with Crippen molar-refractivity contribution in [1.29, 1.82) is 0 Å². The maximum atomic E-state index is 4.88. The maximum absolute atomic E-state index is 4.88. The van der Waals surface area contributed by atoms with Gasteiger partial charge in [-0.25, -0.2) is 0 Å². The molecule has 0 saturated carbocycles. The van der Waals surface area contributed by atoms with E-state index in [4.69, 9.17) is 15.0 Å². The number of aromatic nitrogens is 1. The van der Waals surface area contributed by atoms with Crippen LogP contribution in [0.3, 0.4) is 0 Å². The number of nitrogens with zero attached hydrogens (tertiary/aromatic N) is 3. The van der Waals surface area contributed by atoms with Gasteiger partial charge in [0.05, 0.1) is 11.4 Å². The quantitative estimate of drug-likeness (QED) is 0.232. The van der Waals surface area contributed by atoms with Gasteiger partial charge in [-0.3, -0.25) is 9.98 Å². The number of aliphatic imine (C=N–C) groups is 2. The van der Waals surface area contributed by atoms with Crippen LogP contribution in [0.2, 0.25) is 0 Å². The standard InChI is InChI=1S/C26H30N3.CH3.Fe/c1-15-11-17(3)25(18(4)12-15)27-21(7)23-9-10-24(29-23)22(8)28-26-19(5)13-16(2)14-20(26)6;;/h9-14H,1-8H3;1H3;/q2*-1;+2. The second kappa shape index (κ2) is 10.7. The first kappa shape index (κ1) is 26.6. The predicted molar refractivity (Wildman–Crippen MR) is 131 cm³/mol. The van der Waals surface area contributed by atoms with Crippen LogP contribution in [0.4, 0.5) is 11.4 Å². The molecule has 0 aliphatic heterocycles. The van der Waals surface area contributed by atoms with E-state index in [2.05, 4.69) is 65.8 Å². The summed E-state index contributed by atoms with van der Waals surface area (Å²) in [6.07, 6.45) is 0. The average Bonchev–Trinajstić information content (AvgIpc) is 3.11. The van der Waals surface area contributed by atoms with Crippen molar-refractivity contribution in [3.8, 4) is 0 Å². The Hall–Kier alpha value is -2.42. The third-order valence-corrected chi connectivity index (χ3v) is 5.21. The van der Waals surface area contributed by atoms with Crippen LogP contribution in [-0.2, 0) is 17.1 Å². The van der Waals surface area contributed by atoms with Gasteiger partial charge < -0.3 is 12.4 Å². The molecule has 1 heterocycles. The molecule has 0 radical (unpaired) electrons. The van der Waals surface area contributed by atoms with Gasteiger partial charge in [-0.2, -0.15) is 0 Å². The summed E-state index contributed by atoms with van der Waals surface area (Å²) in [5.74, 6) is 0. The molecule has 164 valence electrons. The van der Waals surface area contributed by atoms with E-state index in [0.717, 1.165) is 34.2 Å². The summed E-state index contributed by atoms with van der Waals surface area (Å²) in [4.78, 5) is 14.6. The van der Waals surface area contributed by atoms with Crippen LogP contribution in [0.15, 0.2) is 46.4 Å². The molecule has 0 unspecified atom stereocenters. The van der Waals surface area contributed by atoms with E-state index in [1.807, 2.05) is 26.0 Å². The minimum Gasteiger partial charge on any atom is -0.655 e. The molecule has 0 aliphatic rings. The molecule has 4 heteroatoms. The molecule has 0 fully saturated rings. The van der Waals surface area contributed by atoms with Crippen molar-refractivity contribution in [2.24, 2.45) is 9.98 Å². The first-order chi connectivity index (χ1) is 13.7. The molecule has 0 N–H and O–H groups in total. The topological polar surface area (TPSA) is 38.8 Å². The summed E-state index contributed by atoms with van der Waals surface area (Å²) in [7, 11) is 0. The van der Waals surface area contributed by atoms with Crippen molar-refractivity contribution < 1.29 is 17.1 Å². The van der Waals surface area contributed by atoms with Crippen molar-refractivity contribution in [1.82, 2.24) is 4.98 Å². The number of hydrogen-bond donors (Lipinski definition) is 0. The first-order valence-electron chi connectivity index (χ1n) is 10.1. The zero-order valence-corrected chi connectivity index (χ0v) is 21.3. The Morgan fingerprint density at radius 3 is 1.19 bits per heavy atom. The minimum absolute atomic E-state index is 0. The summed E-state index contributed by atoms with van der Waals surface area (Å²) in [5, 5.41) is 0. The Kier molecular flexibility index (Phi) is 9.23. The number of rotatable bonds is 4. The fourth-order valence-electron chi connectivity index (χ4n) is 3.91. The molecule has 3 nitrogen and oxygen atoms in total. The fraction of sp³-hybridized carbons (Fsp3) is 0.296. The van der Waals surface area contributed by atoms with E-state index in [0.29, 0.717) is 0 Å². The zero-order valence-electron chi connectivity index (χ0n) is 20.2. The average molecular weight is 455 g/mol. The molecule has 0 aliphatic carbocycles. The molecule has 3 aromatic rings. The maximum Gasteiger partial charge on any atom is 2.00 e. The van der Waals surface area contributed by atoms with E-state index >= 15 is 0 Å². The molecule has 1 aromatic heterocycles. The van der Waals surface area contributed by atoms with Crippen LogP contribution in [0.5, 0.6) is 0 Å². The van der Waals surface area contributed by atoms with E-state index in [9.17, 15) is 0 Å². The summed E-state index contributed by atoms with van der Waals surface area (Å²) in [6.45, 7) is 16.7. The third kappa shape index (κ3) is 6.06. The van der Waals surface area contributed by atoms with Gasteiger partial charge in [-0.15, -0.1) is 11.4 Å². The van der Waals surface area contributed by atoms with Crippen LogP contribution in [0.25, 0.3) is 0 Å². The Labute approximate surface area is 198 Å². The Morgan fingerprint density at radius 1 is 0.613 bits per heavy atom. The largest absolute Gasteiger partial charge is 2.00 e. The van der Waals surface area contributed by atoms with Crippen LogP contribution < -0.4 is 4.98 Å². The van der Waals surface area contributed by atoms with E-state index in [1.165, 1.54) is 33.4 Å². The Bertz CT molecular complexity index is 999. The SMILES string of the molecule is CC(=Nc1c(C)cc(C)cc1C)c1ccc(C(C)=Nc2c(C)cc(C)cc2C)[n-]1.[CH3-].[Fe+2]. The number of aryl methyl sites for hydroxylation is 6. The van der Waals surface area contributed by atoms with Gasteiger partial charge in [0.1, 0.15) is 0 Å². The van der Waals surface area contributed by atoms with Gasteiger partial charge in [0.2, 0.25) is 0 Å². The van der Waals surface area contributed by atoms with Crippen LogP contribution >= 0.6 is 0 Å². The number of hydrogen-bond acceptors (Lipinski definition) is 2. The molecule has 3 rings (SSSR count). The van der Waals surface area contributed by atoms with Gasteiger partial charge in [-0.05, 0) is 77.6 Å². The van der Waals surface area contributed by atoms with E-state index in [-0.39, 0.29) is 24.5 Å². The third-order valence-electron chi connectivity index (χ3n) is 5.21. The van der Waals surface area contributed by atoms with Crippen LogP contribution in [-0.4, -0.2) is 11.4 Å². The minimum atomic E-state index is 0. The van der Waals surface area contributed by atoms with Crippen LogP contribution in [0, 0.1) is 49.0 Å². The zero-order chi connectivity index (χ0) is 21.3. The predicted octanol–water partition coefficient (Wildman–Crippen LogP) is 7.22. The summed E-state index contributed by atoms with van der Waals surface area (Å²) < 4.78 is 0. The van der Waals surface area contributed by atoms with Crippen molar-refractivity contribution in [2.75, 3.05) is 0 Å². The van der Waals surface area contributed by atoms with Crippen molar-refractivity contribution in [3.63, 3.8) is 0 Å². The molecule has 0 amide bonds. The number of benzene rings is 2. The van der Waals surface area contributed by atoms with Gasteiger partial charge in [0.25, 0.3) is 0 Å². The molecule has 0 atom stereocenters. The molecular formula is C27H33FeN3. The van der Waals surface area contributed by atoms with Crippen molar-refractivity contribution in [2.45, 2.75) is 55.4 Å². The van der Waals surface area contributed by atoms with Gasteiger partial charge >= 0.3 is 17.1 Å². The first-order valence-corrected chi connectivity index (χ1v) is 10.1. The molecular weight excluding hydrogens is 422 g/mol. The monoisotopic (exact) mass is 455 g/mol. The molecule has 2 aromatic carbocycles. The normalized spacial score (nSPS) is 11.7. The second-order valence-electron chi connectivity index (χ2n) is 8.10. The molecule has 0 bridgehead atoms. The van der Waals surface area contributed by atoms with Gasteiger partial charge in [0.15, 0.2) is 0 Å². The fourth-order valence-corrected chi connectivity index (χ4v) is 3.91. The summed E-state index contributed by atoms with van der Waals surface area (Å²) in [6, 6.07) is 12.7. The van der Waals surface area contributed by atoms with Crippen molar-refractivity contribution >= 4 is 22.8 Å². The summed E-state index contributed by atoms with van der Waals surface area (Å²) >= 11 is 0. The van der Waals surface area contributed by atoms with E-state index < -0.39 is 0 Å². The molecule has 0 spiro atoms. The van der Waals surface area contributed by atoms with E-state index in [1.54, 1.807) is 0 Å². The van der Waals surface area contributed by atoms with Gasteiger partial charge in [0, 0.05) is 11.4 Å². The molecule has 0 saturated heterocycles. The van der Waals surface area contributed by atoms with Crippen LogP contribution in [0.1, 0.15) is 58.6 Å².